The molecule has 1 aromatic heterocycles. The largest absolute Gasteiger partial charge is 0.416 e. The molecular formula is C24H18F3N3O. The summed E-state index contributed by atoms with van der Waals surface area (Å²) in [5.74, 6) is -0.296. The highest BCUT2D eigenvalue weighted by Crippen LogP contribution is 2.33. The van der Waals surface area contributed by atoms with Crippen molar-refractivity contribution in [1.82, 2.24) is 4.98 Å². The number of fused-ring (bicyclic) bond motifs is 1. The Morgan fingerprint density at radius 2 is 1.58 bits per heavy atom. The van der Waals surface area contributed by atoms with Crippen LogP contribution in [0.25, 0.3) is 10.9 Å². The lowest BCUT2D eigenvalue weighted by Gasteiger charge is -2.15. The molecule has 0 aliphatic rings. The summed E-state index contributed by atoms with van der Waals surface area (Å²) in [7, 11) is 0. The van der Waals surface area contributed by atoms with Gasteiger partial charge in [0.25, 0.3) is 5.91 Å². The van der Waals surface area contributed by atoms with Crippen molar-refractivity contribution < 1.29 is 18.0 Å². The van der Waals surface area contributed by atoms with Gasteiger partial charge in [0.05, 0.1) is 22.3 Å². The van der Waals surface area contributed by atoms with Gasteiger partial charge in [-0.3, -0.25) is 9.78 Å². The Morgan fingerprint density at radius 1 is 0.871 bits per heavy atom. The van der Waals surface area contributed by atoms with Crippen LogP contribution in [0.15, 0.2) is 79.0 Å². The molecule has 0 unspecified atom stereocenters. The lowest BCUT2D eigenvalue weighted by atomic mass is 10.1. The van der Waals surface area contributed by atoms with Gasteiger partial charge >= 0.3 is 6.18 Å². The number of para-hydroxylation sites is 2. The summed E-state index contributed by atoms with van der Waals surface area (Å²) in [6.45, 7) is 1.90. The molecule has 0 aliphatic carbocycles. The van der Waals surface area contributed by atoms with E-state index in [0.29, 0.717) is 28.0 Å². The summed E-state index contributed by atoms with van der Waals surface area (Å²) in [6.07, 6.45) is -3.01. The number of hydrogen-bond acceptors (Lipinski definition) is 3. The summed E-state index contributed by atoms with van der Waals surface area (Å²) in [6, 6.07) is 19.5. The molecule has 0 bridgehead atoms. The number of nitrogens with zero attached hydrogens (tertiary/aromatic N) is 1. The molecule has 1 heterocycles. The lowest BCUT2D eigenvalue weighted by molar-refractivity contribution is -0.137. The van der Waals surface area contributed by atoms with E-state index in [1.54, 1.807) is 30.3 Å². The topological polar surface area (TPSA) is 54.0 Å². The first-order chi connectivity index (χ1) is 14.8. The van der Waals surface area contributed by atoms with Gasteiger partial charge in [-0.1, -0.05) is 36.4 Å². The highest BCUT2D eigenvalue weighted by molar-refractivity contribution is 6.09. The van der Waals surface area contributed by atoms with Crippen LogP contribution in [0, 0.1) is 6.92 Å². The first-order valence-corrected chi connectivity index (χ1v) is 9.52. The van der Waals surface area contributed by atoms with Gasteiger partial charge in [0.1, 0.15) is 0 Å². The molecule has 156 valence electrons. The predicted molar refractivity (Wildman–Crippen MR) is 116 cm³/mol. The Kier molecular flexibility index (Phi) is 5.33. The third-order valence-electron chi connectivity index (χ3n) is 4.90. The fourth-order valence-electron chi connectivity index (χ4n) is 3.27. The predicted octanol–water partition coefficient (Wildman–Crippen LogP) is 6.56. The standard InChI is InChI=1S/C24H18F3N3O/c1-15-6-2-4-8-19(15)30-23(31)18-7-3-5-9-20(18)29-21-12-13-28-22-14-16(24(25,26)27)10-11-17(21)22/h2-14H,1H3,(H,28,29)(H,30,31). The zero-order valence-electron chi connectivity index (χ0n) is 16.5. The van der Waals surface area contributed by atoms with Crippen molar-refractivity contribution in [2.24, 2.45) is 0 Å². The van der Waals surface area contributed by atoms with Crippen molar-refractivity contribution in [2.45, 2.75) is 13.1 Å². The number of aromatic nitrogens is 1. The molecule has 7 heteroatoms. The Bertz CT molecular complexity index is 1270. The Hall–Kier alpha value is -3.87. The third kappa shape index (κ3) is 4.35. The normalized spacial score (nSPS) is 11.4. The minimum absolute atomic E-state index is 0.210. The van der Waals surface area contributed by atoms with Crippen molar-refractivity contribution in [2.75, 3.05) is 10.6 Å². The zero-order chi connectivity index (χ0) is 22.0. The van der Waals surface area contributed by atoms with Crippen LogP contribution in [0.2, 0.25) is 0 Å². The Morgan fingerprint density at radius 3 is 2.32 bits per heavy atom. The van der Waals surface area contributed by atoms with E-state index in [0.717, 1.165) is 17.7 Å². The second-order valence-corrected chi connectivity index (χ2v) is 7.03. The molecule has 4 nitrogen and oxygen atoms in total. The maximum atomic E-state index is 13.0. The maximum absolute atomic E-state index is 13.0. The van der Waals surface area contributed by atoms with Gasteiger partial charge in [-0.2, -0.15) is 13.2 Å². The van der Waals surface area contributed by atoms with E-state index in [1.807, 2.05) is 31.2 Å². The van der Waals surface area contributed by atoms with Gasteiger partial charge in [0.15, 0.2) is 0 Å². The molecule has 2 N–H and O–H groups in total. The van der Waals surface area contributed by atoms with Crippen molar-refractivity contribution in [3.05, 3.63) is 95.7 Å². The van der Waals surface area contributed by atoms with Crippen LogP contribution in [0.4, 0.5) is 30.2 Å². The molecule has 0 spiro atoms. The molecule has 0 aliphatic heterocycles. The van der Waals surface area contributed by atoms with Crippen LogP contribution in [-0.4, -0.2) is 10.9 Å². The van der Waals surface area contributed by atoms with E-state index in [4.69, 9.17) is 0 Å². The second-order valence-electron chi connectivity index (χ2n) is 7.03. The van der Waals surface area contributed by atoms with Gasteiger partial charge in [-0.15, -0.1) is 0 Å². The number of alkyl halides is 3. The number of aryl methyl sites for hydroxylation is 1. The summed E-state index contributed by atoms with van der Waals surface area (Å²) < 4.78 is 39.1. The first kappa shape index (κ1) is 20.4. The minimum atomic E-state index is -4.44. The van der Waals surface area contributed by atoms with Gasteiger partial charge in [0, 0.05) is 23.0 Å². The van der Waals surface area contributed by atoms with Gasteiger partial charge < -0.3 is 10.6 Å². The highest BCUT2D eigenvalue weighted by atomic mass is 19.4. The lowest BCUT2D eigenvalue weighted by Crippen LogP contribution is -2.14. The van der Waals surface area contributed by atoms with Crippen molar-refractivity contribution in [3.8, 4) is 0 Å². The zero-order valence-corrected chi connectivity index (χ0v) is 16.5. The number of halogens is 3. The van der Waals surface area contributed by atoms with Crippen LogP contribution in [0.3, 0.4) is 0 Å². The average molecular weight is 421 g/mol. The second kappa shape index (κ2) is 8.10. The van der Waals surface area contributed by atoms with Crippen LogP contribution >= 0.6 is 0 Å². The molecule has 0 radical (unpaired) electrons. The molecule has 1 amide bonds. The van der Waals surface area contributed by atoms with Crippen molar-refractivity contribution in [1.29, 1.82) is 0 Å². The fourth-order valence-corrected chi connectivity index (χ4v) is 3.27. The number of rotatable bonds is 4. The van der Waals surface area contributed by atoms with Crippen LogP contribution < -0.4 is 10.6 Å². The van der Waals surface area contributed by atoms with E-state index in [9.17, 15) is 18.0 Å². The van der Waals surface area contributed by atoms with Crippen LogP contribution in [0.5, 0.6) is 0 Å². The number of carbonyl (C=O) groups is 1. The van der Waals surface area contributed by atoms with Crippen molar-refractivity contribution in [3.63, 3.8) is 0 Å². The number of nitrogens with one attached hydrogen (secondary N) is 2. The molecular weight excluding hydrogens is 403 g/mol. The van der Waals surface area contributed by atoms with E-state index < -0.39 is 11.7 Å². The quantitative estimate of drug-likeness (QED) is 0.392. The third-order valence-corrected chi connectivity index (χ3v) is 4.90. The van der Waals surface area contributed by atoms with Gasteiger partial charge in [-0.25, -0.2) is 0 Å². The minimum Gasteiger partial charge on any atom is -0.354 e. The fraction of sp³-hybridized carbons (Fsp3) is 0.0833. The van der Waals surface area contributed by atoms with Crippen molar-refractivity contribution >= 4 is 33.9 Å². The van der Waals surface area contributed by atoms with Crippen LogP contribution in [0.1, 0.15) is 21.5 Å². The SMILES string of the molecule is Cc1ccccc1NC(=O)c1ccccc1Nc1ccnc2cc(C(F)(F)F)ccc12. The molecule has 0 saturated carbocycles. The smallest absolute Gasteiger partial charge is 0.354 e. The molecule has 4 aromatic rings. The van der Waals surface area contributed by atoms with E-state index in [2.05, 4.69) is 15.6 Å². The van der Waals surface area contributed by atoms with E-state index >= 15 is 0 Å². The molecule has 0 fully saturated rings. The number of amides is 1. The Balaban J connectivity index is 1.67. The van der Waals surface area contributed by atoms with E-state index in [-0.39, 0.29) is 11.4 Å². The monoisotopic (exact) mass is 421 g/mol. The number of benzene rings is 3. The van der Waals surface area contributed by atoms with Gasteiger partial charge in [-0.05, 0) is 48.9 Å². The molecule has 31 heavy (non-hydrogen) atoms. The summed E-state index contributed by atoms with van der Waals surface area (Å²) >= 11 is 0. The number of pyridine rings is 1. The number of carbonyl (C=O) groups excluding carboxylic acids is 1. The van der Waals surface area contributed by atoms with Crippen LogP contribution in [-0.2, 0) is 6.18 Å². The summed E-state index contributed by atoms with van der Waals surface area (Å²) in [4.78, 5) is 17.0. The van der Waals surface area contributed by atoms with Gasteiger partial charge in [0.2, 0.25) is 0 Å². The molecule has 4 rings (SSSR count). The molecule has 3 aromatic carbocycles. The molecule has 0 atom stereocenters. The number of hydrogen-bond donors (Lipinski definition) is 2. The average Bonchev–Trinajstić information content (AvgIpc) is 2.75. The summed E-state index contributed by atoms with van der Waals surface area (Å²) in [5, 5.41) is 6.59. The number of anilines is 3. The first-order valence-electron chi connectivity index (χ1n) is 9.52. The highest BCUT2D eigenvalue weighted by Gasteiger charge is 2.30. The van der Waals surface area contributed by atoms with E-state index in [1.165, 1.54) is 12.3 Å². The maximum Gasteiger partial charge on any atom is 0.416 e. The summed E-state index contributed by atoms with van der Waals surface area (Å²) in [5.41, 5.74) is 2.57. The Labute approximate surface area is 176 Å². The molecule has 0 saturated heterocycles.